The topological polar surface area (TPSA) is 49.9 Å². The maximum atomic E-state index is 11.4. The van der Waals surface area contributed by atoms with Gasteiger partial charge in [-0.2, -0.15) is 4.31 Å². The van der Waals surface area contributed by atoms with Gasteiger partial charge in [0.05, 0.1) is 13.4 Å². The molecule has 0 unspecified atom stereocenters. The van der Waals surface area contributed by atoms with Crippen molar-refractivity contribution >= 4 is 10.0 Å². The molecule has 2 rings (SSSR count). The minimum Gasteiger partial charge on any atom is -0.497 e. The third-order valence-corrected chi connectivity index (χ3v) is 5.20. The number of piperazine rings is 1. The van der Waals surface area contributed by atoms with Crippen molar-refractivity contribution in [1.82, 2.24) is 9.21 Å². The van der Waals surface area contributed by atoms with Crippen molar-refractivity contribution in [2.45, 2.75) is 12.8 Å². The van der Waals surface area contributed by atoms with Crippen molar-refractivity contribution in [2.24, 2.45) is 0 Å². The van der Waals surface area contributed by atoms with Crippen molar-refractivity contribution in [1.29, 1.82) is 0 Å². The van der Waals surface area contributed by atoms with Gasteiger partial charge in [-0.3, -0.25) is 0 Å². The van der Waals surface area contributed by atoms with Gasteiger partial charge in [-0.1, -0.05) is 12.1 Å². The predicted octanol–water partition coefficient (Wildman–Crippen LogP) is 1.21. The van der Waals surface area contributed by atoms with Crippen molar-refractivity contribution in [3.05, 3.63) is 29.8 Å². The number of hydrogen-bond donors (Lipinski definition) is 0. The van der Waals surface area contributed by atoms with E-state index in [1.165, 1.54) is 11.8 Å². The standard InChI is InChI=1S/C15H24N2O3S/c1-20-15-7-5-14(6-8-15)4-3-9-16-10-12-17(13-11-16)21(2,18)19/h5-8H,3-4,9-13H2,1-2H3. The molecular formula is C15H24N2O3S. The molecule has 21 heavy (non-hydrogen) atoms. The van der Waals surface area contributed by atoms with Gasteiger partial charge in [-0.25, -0.2) is 8.42 Å². The van der Waals surface area contributed by atoms with Crippen molar-refractivity contribution in [3.8, 4) is 5.75 Å². The predicted molar refractivity (Wildman–Crippen MR) is 84.2 cm³/mol. The van der Waals surface area contributed by atoms with Crippen LogP contribution in [0.2, 0.25) is 0 Å². The summed E-state index contributed by atoms with van der Waals surface area (Å²) in [7, 11) is -1.35. The van der Waals surface area contributed by atoms with Crippen LogP contribution in [0.15, 0.2) is 24.3 Å². The molecule has 1 aromatic rings. The van der Waals surface area contributed by atoms with Crippen LogP contribution in [0.4, 0.5) is 0 Å². The first kappa shape index (κ1) is 16.3. The number of hydrogen-bond acceptors (Lipinski definition) is 4. The number of rotatable bonds is 6. The number of sulfonamides is 1. The lowest BCUT2D eigenvalue weighted by Gasteiger charge is -2.33. The van der Waals surface area contributed by atoms with Gasteiger partial charge in [0.15, 0.2) is 0 Å². The molecule has 0 spiro atoms. The Morgan fingerprint density at radius 2 is 1.71 bits per heavy atom. The zero-order chi connectivity index (χ0) is 15.3. The number of methoxy groups -OCH3 is 1. The number of aryl methyl sites for hydroxylation is 1. The lowest BCUT2D eigenvalue weighted by molar-refractivity contribution is 0.187. The fraction of sp³-hybridized carbons (Fsp3) is 0.600. The summed E-state index contributed by atoms with van der Waals surface area (Å²) in [5.41, 5.74) is 1.31. The highest BCUT2D eigenvalue weighted by atomic mass is 32.2. The Balaban J connectivity index is 1.70. The second kappa shape index (κ2) is 7.24. The van der Waals surface area contributed by atoms with E-state index in [4.69, 9.17) is 4.74 Å². The van der Waals surface area contributed by atoms with Crippen LogP contribution in [0.3, 0.4) is 0 Å². The highest BCUT2D eigenvalue weighted by Gasteiger charge is 2.22. The Kier molecular flexibility index (Phi) is 5.61. The van der Waals surface area contributed by atoms with E-state index >= 15 is 0 Å². The van der Waals surface area contributed by atoms with Crippen LogP contribution in [-0.4, -0.2) is 63.7 Å². The van der Waals surface area contributed by atoms with Crippen molar-refractivity contribution in [3.63, 3.8) is 0 Å². The summed E-state index contributed by atoms with van der Waals surface area (Å²) >= 11 is 0. The Hall–Kier alpha value is -1.11. The third-order valence-electron chi connectivity index (χ3n) is 3.90. The van der Waals surface area contributed by atoms with Crippen molar-refractivity contribution in [2.75, 3.05) is 46.1 Å². The van der Waals surface area contributed by atoms with Gasteiger partial charge in [0.25, 0.3) is 0 Å². The average molecular weight is 312 g/mol. The maximum Gasteiger partial charge on any atom is 0.211 e. The molecule has 5 nitrogen and oxygen atoms in total. The van der Waals surface area contributed by atoms with Gasteiger partial charge in [-0.15, -0.1) is 0 Å². The molecule has 0 amide bonds. The summed E-state index contributed by atoms with van der Waals surface area (Å²) < 4.78 is 29.6. The fourth-order valence-corrected chi connectivity index (χ4v) is 3.41. The van der Waals surface area contributed by atoms with Gasteiger partial charge in [0.2, 0.25) is 10.0 Å². The number of ether oxygens (including phenoxy) is 1. The van der Waals surface area contributed by atoms with E-state index in [9.17, 15) is 8.42 Å². The molecule has 1 aliphatic heterocycles. The van der Waals surface area contributed by atoms with Crippen LogP contribution < -0.4 is 4.74 Å². The Morgan fingerprint density at radius 1 is 1.10 bits per heavy atom. The Labute approximate surface area is 127 Å². The summed E-state index contributed by atoms with van der Waals surface area (Å²) in [6.45, 7) is 3.90. The second-order valence-electron chi connectivity index (χ2n) is 5.46. The summed E-state index contributed by atoms with van der Waals surface area (Å²) in [5.74, 6) is 0.885. The normalized spacial score (nSPS) is 17.8. The fourth-order valence-electron chi connectivity index (χ4n) is 2.58. The molecule has 6 heteroatoms. The van der Waals surface area contributed by atoms with E-state index < -0.39 is 10.0 Å². The SMILES string of the molecule is COc1ccc(CCCN2CCN(S(C)(=O)=O)CC2)cc1. The molecular weight excluding hydrogens is 288 g/mol. The van der Waals surface area contributed by atoms with Crippen LogP contribution in [0.5, 0.6) is 5.75 Å². The minimum absolute atomic E-state index is 0.612. The first-order valence-corrected chi connectivity index (χ1v) is 9.14. The molecule has 1 aromatic carbocycles. The van der Waals surface area contributed by atoms with Gasteiger partial charge in [-0.05, 0) is 37.1 Å². The molecule has 1 fully saturated rings. The summed E-state index contributed by atoms with van der Waals surface area (Å²) in [4.78, 5) is 2.34. The van der Waals surface area contributed by atoms with E-state index in [-0.39, 0.29) is 0 Å². The highest BCUT2D eigenvalue weighted by molar-refractivity contribution is 7.88. The van der Waals surface area contributed by atoms with Crippen LogP contribution in [0.25, 0.3) is 0 Å². The van der Waals surface area contributed by atoms with Crippen molar-refractivity contribution < 1.29 is 13.2 Å². The quantitative estimate of drug-likeness (QED) is 0.792. The number of benzene rings is 1. The maximum absolute atomic E-state index is 11.4. The molecule has 1 saturated heterocycles. The largest absolute Gasteiger partial charge is 0.497 e. The van der Waals surface area contributed by atoms with E-state index in [0.29, 0.717) is 13.1 Å². The molecule has 0 radical (unpaired) electrons. The summed E-state index contributed by atoms with van der Waals surface area (Å²) in [5, 5.41) is 0. The molecule has 0 aromatic heterocycles. The van der Waals surface area contributed by atoms with E-state index in [2.05, 4.69) is 17.0 Å². The number of nitrogens with zero attached hydrogens (tertiary/aromatic N) is 2. The highest BCUT2D eigenvalue weighted by Crippen LogP contribution is 2.13. The van der Waals surface area contributed by atoms with Crippen LogP contribution in [0, 0.1) is 0 Å². The lowest BCUT2D eigenvalue weighted by atomic mass is 10.1. The minimum atomic E-state index is -3.02. The van der Waals surface area contributed by atoms with Crippen LogP contribution in [-0.2, 0) is 16.4 Å². The molecule has 118 valence electrons. The van der Waals surface area contributed by atoms with Crippen LogP contribution in [0.1, 0.15) is 12.0 Å². The van der Waals surface area contributed by atoms with E-state index in [1.54, 1.807) is 11.4 Å². The molecule has 0 aliphatic carbocycles. The van der Waals surface area contributed by atoms with Gasteiger partial charge < -0.3 is 9.64 Å². The van der Waals surface area contributed by atoms with E-state index in [0.717, 1.165) is 38.2 Å². The molecule has 1 heterocycles. The van der Waals surface area contributed by atoms with Gasteiger partial charge in [0, 0.05) is 26.2 Å². The summed E-state index contributed by atoms with van der Waals surface area (Å²) in [6.07, 6.45) is 3.41. The van der Waals surface area contributed by atoms with Crippen LogP contribution >= 0.6 is 0 Å². The van der Waals surface area contributed by atoms with Gasteiger partial charge in [0.1, 0.15) is 5.75 Å². The monoisotopic (exact) mass is 312 g/mol. The summed E-state index contributed by atoms with van der Waals surface area (Å²) in [6, 6.07) is 8.17. The lowest BCUT2D eigenvalue weighted by Crippen LogP contribution is -2.48. The first-order chi connectivity index (χ1) is 9.99. The molecule has 0 atom stereocenters. The average Bonchev–Trinajstić information content (AvgIpc) is 2.47. The molecule has 1 aliphatic rings. The second-order valence-corrected chi connectivity index (χ2v) is 7.44. The molecule has 0 bridgehead atoms. The zero-order valence-electron chi connectivity index (χ0n) is 12.8. The van der Waals surface area contributed by atoms with E-state index in [1.807, 2.05) is 12.1 Å². The third kappa shape index (κ3) is 4.98. The smallest absolute Gasteiger partial charge is 0.211 e. The zero-order valence-corrected chi connectivity index (χ0v) is 13.6. The first-order valence-electron chi connectivity index (χ1n) is 7.29. The molecule has 0 saturated carbocycles. The Bertz CT molecular complexity index is 535. The van der Waals surface area contributed by atoms with Gasteiger partial charge >= 0.3 is 0 Å². The molecule has 0 N–H and O–H groups in total. The Morgan fingerprint density at radius 3 is 2.24 bits per heavy atom.